The summed E-state index contributed by atoms with van der Waals surface area (Å²) in [5.41, 5.74) is 0. The molecule has 138 valence electrons. The lowest BCUT2D eigenvalue weighted by Gasteiger charge is -2.25. The first-order valence-corrected chi connectivity index (χ1v) is 10.4. The highest BCUT2D eigenvalue weighted by atomic mass is 32.2. The number of unbranched alkanes of at least 4 members (excludes halogenated alkanes) is 2. The molecule has 1 rings (SSSR count). The van der Waals surface area contributed by atoms with Crippen LogP contribution in [-0.2, 0) is 0 Å². The van der Waals surface area contributed by atoms with Crippen LogP contribution < -0.4 is 4.74 Å². The molecule has 0 fully saturated rings. The average molecular weight is 354 g/mol. The van der Waals surface area contributed by atoms with Gasteiger partial charge in [0.2, 0.25) is 0 Å². The molecule has 2 unspecified atom stereocenters. The minimum atomic E-state index is -0.419. The summed E-state index contributed by atoms with van der Waals surface area (Å²) in [4.78, 5) is 2.58. The number of ether oxygens (including phenoxy) is 1. The maximum absolute atomic E-state index is 10.1. The van der Waals surface area contributed by atoms with Crippen molar-refractivity contribution in [3.05, 3.63) is 30.3 Å². The van der Waals surface area contributed by atoms with Gasteiger partial charge in [-0.25, -0.2) is 0 Å². The zero-order chi connectivity index (χ0) is 17.6. The number of hydrogen-bond acceptors (Lipinski definition) is 4. The molecular weight excluding hydrogens is 318 g/mol. The Morgan fingerprint density at radius 3 is 2.29 bits per heavy atom. The summed E-state index contributed by atoms with van der Waals surface area (Å²) in [7, 11) is 0. The molecule has 0 aliphatic rings. The van der Waals surface area contributed by atoms with Crippen LogP contribution in [0, 0.1) is 0 Å². The predicted octanol–water partition coefficient (Wildman–Crippen LogP) is 4.45. The summed E-state index contributed by atoms with van der Waals surface area (Å²) >= 11 is 1.84. The Hall–Kier alpha value is -0.710. The van der Waals surface area contributed by atoms with Crippen LogP contribution in [0.5, 0.6) is 5.75 Å². The van der Waals surface area contributed by atoms with Gasteiger partial charge >= 0.3 is 0 Å². The quantitative estimate of drug-likeness (QED) is 0.535. The van der Waals surface area contributed by atoms with Gasteiger partial charge in [-0.05, 0) is 38.1 Å². The van der Waals surface area contributed by atoms with Crippen LogP contribution in [0.1, 0.15) is 46.5 Å². The summed E-state index contributed by atoms with van der Waals surface area (Å²) in [6.07, 6.45) is 4.63. The van der Waals surface area contributed by atoms with Crippen LogP contribution in [0.25, 0.3) is 0 Å². The lowest BCUT2D eigenvalue weighted by molar-refractivity contribution is 0.126. The smallest absolute Gasteiger partial charge is 0.119 e. The van der Waals surface area contributed by atoms with Crippen LogP contribution in [0.2, 0.25) is 0 Å². The van der Waals surface area contributed by atoms with Crippen molar-refractivity contribution < 1.29 is 9.84 Å². The standard InChI is InChI=1S/C20H35NO2S/c1-4-6-13-21(14-7-5-2)15-18(3)24-17-19(22)16-23-20-11-9-8-10-12-20/h8-12,18-19,22H,4-7,13-17H2,1-3H3. The lowest BCUT2D eigenvalue weighted by atomic mass is 10.2. The molecule has 0 aliphatic carbocycles. The van der Waals surface area contributed by atoms with Crippen molar-refractivity contribution in [2.24, 2.45) is 0 Å². The first-order chi connectivity index (χ1) is 11.7. The zero-order valence-electron chi connectivity index (χ0n) is 15.6. The topological polar surface area (TPSA) is 32.7 Å². The van der Waals surface area contributed by atoms with Crippen molar-refractivity contribution in [2.75, 3.05) is 32.0 Å². The maximum Gasteiger partial charge on any atom is 0.119 e. The van der Waals surface area contributed by atoms with Gasteiger partial charge in [0, 0.05) is 17.5 Å². The molecule has 0 saturated carbocycles. The van der Waals surface area contributed by atoms with E-state index in [1.54, 1.807) is 0 Å². The molecule has 1 aromatic carbocycles. The Morgan fingerprint density at radius 1 is 1.08 bits per heavy atom. The average Bonchev–Trinajstić information content (AvgIpc) is 2.61. The fraction of sp³-hybridized carbons (Fsp3) is 0.700. The normalized spacial score (nSPS) is 13.9. The van der Waals surface area contributed by atoms with Gasteiger partial charge < -0.3 is 14.7 Å². The van der Waals surface area contributed by atoms with Crippen molar-refractivity contribution in [1.82, 2.24) is 4.90 Å². The Kier molecular flexibility index (Phi) is 12.1. The number of hydrogen-bond donors (Lipinski definition) is 1. The summed E-state index contributed by atoms with van der Waals surface area (Å²) < 4.78 is 5.61. The van der Waals surface area contributed by atoms with Gasteiger partial charge in [0.15, 0.2) is 0 Å². The highest BCUT2D eigenvalue weighted by Gasteiger charge is 2.13. The second kappa shape index (κ2) is 13.6. The van der Waals surface area contributed by atoms with Gasteiger partial charge in [0.25, 0.3) is 0 Å². The van der Waals surface area contributed by atoms with Crippen LogP contribution in [0.3, 0.4) is 0 Å². The fourth-order valence-corrected chi connectivity index (χ4v) is 3.47. The zero-order valence-corrected chi connectivity index (χ0v) is 16.4. The first-order valence-electron chi connectivity index (χ1n) is 9.35. The molecule has 2 atom stereocenters. The van der Waals surface area contributed by atoms with E-state index < -0.39 is 6.10 Å². The number of benzene rings is 1. The van der Waals surface area contributed by atoms with Gasteiger partial charge in [-0.15, -0.1) is 0 Å². The Labute approximate surface area is 152 Å². The molecule has 0 aliphatic heterocycles. The number of para-hydroxylation sites is 1. The van der Waals surface area contributed by atoms with E-state index in [-0.39, 0.29) is 0 Å². The van der Waals surface area contributed by atoms with Gasteiger partial charge in [-0.1, -0.05) is 51.8 Å². The van der Waals surface area contributed by atoms with E-state index in [9.17, 15) is 5.11 Å². The molecule has 1 N–H and O–H groups in total. The van der Waals surface area contributed by atoms with E-state index in [4.69, 9.17) is 4.74 Å². The molecule has 0 heterocycles. The van der Waals surface area contributed by atoms with E-state index in [2.05, 4.69) is 25.7 Å². The van der Waals surface area contributed by atoms with Crippen LogP contribution in [0.4, 0.5) is 0 Å². The Balaban J connectivity index is 2.23. The minimum Gasteiger partial charge on any atom is -0.491 e. The minimum absolute atomic E-state index is 0.360. The molecule has 4 heteroatoms. The molecule has 3 nitrogen and oxygen atoms in total. The lowest BCUT2D eigenvalue weighted by Crippen LogP contribution is -2.32. The number of thioether (sulfide) groups is 1. The van der Waals surface area contributed by atoms with Gasteiger partial charge in [0.05, 0.1) is 6.10 Å². The number of aliphatic hydroxyl groups excluding tert-OH is 1. The molecule has 0 bridgehead atoms. The van der Waals surface area contributed by atoms with Gasteiger partial charge in [-0.2, -0.15) is 11.8 Å². The third-order valence-corrected chi connectivity index (χ3v) is 5.23. The highest BCUT2D eigenvalue weighted by molar-refractivity contribution is 7.99. The molecule has 0 spiro atoms. The van der Waals surface area contributed by atoms with E-state index in [0.29, 0.717) is 11.9 Å². The van der Waals surface area contributed by atoms with E-state index in [1.165, 1.54) is 38.8 Å². The largest absolute Gasteiger partial charge is 0.491 e. The molecule has 0 amide bonds. The Morgan fingerprint density at radius 2 is 1.71 bits per heavy atom. The second-order valence-electron chi connectivity index (χ2n) is 6.43. The Bertz CT molecular complexity index is 394. The molecule has 24 heavy (non-hydrogen) atoms. The van der Waals surface area contributed by atoms with Crippen molar-refractivity contribution in [1.29, 1.82) is 0 Å². The van der Waals surface area contributed by atoms with Crippen LogP contribution in [0.15, 0.2) is 30.3 Å². The molecular formula is C20H35NO2S. The van der Waals surface area contributed by atoms with E-state index >= 15 is 0 Å². The third-order valence-electron chi connectivity index (χ3n) is 3.93. The van der Waals surface area contributed by atoms with Crippen molar-refractivity contribution >= 4 is 11.8 Å². The summed E-state index contributed by atoms with van der Waals surface area (Å²) in [6.45, 7) is 10.6. The third kappa shape index (κ3) is 10.2. The summed E-state index contributed by atoms with van der Waals surface area (Å²) in [5.74, 6) is 1.54. The van der Waals surface area contributed by atoms with Gasteiger partial charge in [0.1, 0.15) is 12.4 Å². The first kappa shape index (κ1) is 21.3. The SMILES string of the molecule is CCCCN(CCCC)CC(C)SCC(O)COc1ccccc1. The maximum atomic E-state index is 10.1. The predicted molar refractivity (Wildman–Crippen MR) is 106 cm³/mol. The molecule has 0 saturated heterocycles. The van der Waals surface area contributed by atoms with Gasteiger partial charge in [-0.3, -0.25) is 0 Å². The van der Waals surface area contributed by atoms with E-state index in [0.717, 1.165) is 18.0 Å². The number of aliphatic hydroxyl groups is 1. The van der Waals surface area contributed by atoms with Crippen molar-refractivity contribution in [3.8, 4) is 5.75 Å². The molecule has 0 aromatic heterocycles. The summed E-state index contributed by atoms with van der Waals surface area (Å²) in [6, 6.07) is 9.69. The van der Waals surface area contributed by atoms with Crippen molar-refractivity contribution in [2.45, 2.75) is 57.8 Å². The monoisotopic (exact) mass is 353 g/mol. The highest BCUT2D eigenvalue weighted by Crippen LogP contribution is 2.15. The fourth-order valence-electron chi connectivity index (χ4n) is 2.51. The van der Waals surface area contributed by atoms with Crippen LogP contribution in [-0.4, -0.2) is 53.4 Å². The molecule has 0 radical (unpaired) electrons. The number of rotatable bonds is 14. The number of nitrogens with zero attached hydrogens (tertiary/aromatic N) is 1. The summed E-state index contributed by atoms with van der Waals surface area (Å²) in [5, 5.41) is 10.6. The van der Waals surface area contributed by atoms with E-state index in [1.807, 2.05) is 42.1 Å². The second-order valence-corrected chi connectivity index (χ2v) is 7.90. The van der Waals surface area contributed by atoms with Crippen molar-refractivity contribution in [3.63, 3.8) is 0 Å². The van der Waals surface area contributed by atoms with Crippen LogP contribution >= 0.6 is 11.8 Å². The molecule has 1 aromatic rings.